The molecule has 1 aliphatic carbocycles. The van der Waals surface area contributed by atoms with Crippen LogP contribution in [0.5, 0.6) is 0 Å². The smallest absolute Gasteiger partial charge is 0.336 e. The molecule has 3 rings (SSSR count). The molecule has 2 aromatic rings. The first-order chi connectivity index (χ1) is 11.0. The maximum Gasteiger partial charge on any atom is 0.336 e. The third-order valence-corrected chi connectivity index (χ3v) is 4.40. The largest absolute Gasteiger partial charge is 0.427 e. The molecule has 0 unspecified atom stereocenters. The zero-order chi connectivity index (χ0) is 16.4. The molecule has 23 heavy (non-hydrogen) atoms. The molecule has 1 N–H and O–H groups in total. The summed E-state index contributed by atoms with van der Waals surface area (Å²) in [5.74, 6) is 0.191. The van der Waals surface area contributed by atoms with E-state index in [0.29, 0.717) is 22.9 Å². The van der Waals surface area contributed by atoms with Crippen LogP contribution in [0.3, 0.4) is 0 Å². The fourth-order valence-electron chi connectivity index (χ4n) is 3.25. The summed E-state index contributed by atoms with van der Waals surface area (Å²) < 4.78 is 6.92. The number of nitrogens with one attached hydrogen (secondary N) is 1. The third-order valence-electron chi connectivity index (χ3n) is 4.40. The molecule has 0 bridgehead atoms. The molecule has 122 valence electrons. The molecule has 2 aromatic heterocycles. The SMILES string of the molecule is Cc1cc(=O)oc(C)c1C(=O)NC1CCC(n2cncn2)CC1. The van der Waals surface area contributed by atoms with Crippen molar-refractivity contribution in [3.05, 3.63) is 46.0 Å². The Balaban J connectivity index is 1.63. The Morgan fingerprint density at radius 3 is 2.65 bits per heavy atom. The maximum atomic E-state index is 12.5. The molecule has 7 heteroatoms. The summed E-state index contributed by atoms with van der Waals surface area (Å²) in [5, 5.41) is 7.24. The Bertz CT molecular complexity index is 717. The Labute approximate surface area is 133 Å². The topological polar surface area (TPSA) is 90.0 Å². The Kier molecular flexibility index (Phi) is 4.27. The molecule has 2 heterocycles. The molecule has 0 saturated heterocycles. The van der Waals surface area contributed by atoms with Crippen molar-refractivity contribution in [2.24, 2.45) is 0 Å². The van der Waals surface area contributed by atoms with Crippen molar-refractivity contribution >= 4 is 5.91 Å². The quantitative estimate of drug-likeness (QED) is 0.932. The average Bonchev–Trinajstić information content (AvgIpc) is 3.01. The van der Waals surface area contributed by atoms with E-state index < -0.39 is 5.63 Å². The highest BCUT2D eigenvalue weighted by Gasteiger charge is 2.25. The molecule has 0 aliphatic heterocycles. The van der Waals surface area contributed by atoms with Gasteiger partial charge in [0, 0.05) is 12.1 Å². The highest BCUT2D eigenvalue weighted by Crippen LogP contribution is 2.27. The lowest BCUT2D eigenvalue weighted by Gasteiger charge is -2.29. The van der Waals surface area contributed by atoms with E-state index in [4.69, 9.17) is 4.42 Å². The highest BCUT2D eigenvalue weighted by atomic mass is 16.4. The lowest BCUT2D eigenvalue weighted by Crippen LogP contribution is -2.38. The number of carbonyl (C=O) groups excluding carboxylic acids is 1. The number of rotatable bonds is 3. The van der Waals surface area contributed by atoms with Gasteiger partial charge in [0.25, 0.3) is 5.91 Å². The fourth-order valence-corrected chi connectivity index (χ4v) is 3.25. The lowest BCUT2D eigenvalue weighted by molar-refractivity contribution is 0.0917. The van der Waals surface area contributed by atoms with Crippen LogP contribution in [0, 0.1) is 13.8 Å². The molecule has 1 aliphatic rings. The second kappa shape index (κ2) is 6.36. The van der Waals surface area contributed by atoms with Crippen molar-refractivity contribution in [1.29, 1.82) is 0 Å². The Morgan fingerprint density at radius 1 is 1.30 bits per heavy atom. The number of amides is 1. The zero-order valence-corrected chi connectivity index (χ0v) is 13.3. The number of nitrogens with zero attached hydrogens (tertiary/aromatic N) is 3. The van der Waals surface area contributed by atoms with Gasteiger partial charge in [-0.05, 0) is 45.1 Å². The summed E-state index contributed by atoms with van der Waals surface area (Å²) in [4.78, 5) is 27.8. The Hall–Kier alpha value is -2.44. The number of hydrogen-bond acceptors (Lipinski definition) is 5. The number of aromatic nitrogens is 3. The van der Waals surface area contributed by atoms with E-state index in [0.717, 1.165) is 25.7 Å². The molecule has 0 atom stereocenters. The summed E-state index contributed by atoms with van der Waals surface area (Å²) in [6, 6.07) is 1.83. The molecule has 0 aromatic carbocycles. The summed E-state index contributed by atoms with van der Waals surface area (Å²) in [6.45, 7) is 3.39. The van der Waals surface area contributed by atoms with Crippen LogP contribution in [0.15, 0.2) is 27.9 Å². The van der Waals surface area contributed by atoms with Gasteiger partial charge in [-0.25, -0.2) is 14.5 Å². The Morgan fingerprint density at radius 2 is 2.04 bits per heavy atom. The van der Waals surface area contributed by atoms with Gasteiger partial charge in [-0.2, -0.15) is 5.10 Å². The summed E-state index contributed by atoms with van der Waals surface area (Å²) >= 11 is 0. The standard InChI is InChI=1S/C16H20N4O3/c1-10-7-14(21)23-11(2)15(10)16(22)19-12-3-5-13(6-4-12)20-9-17-8-18-20/h7-9,12-13H,3-6H2,1-2H3,(H,19,22). The average molecular weight is 316 g/mol. The molecule has 1 fully saturated rings. The molecule has 7 nitrogen and oxygen atoms in total. The molecule has 0 spiro atoms. The monoisotopic (exact) mass is 316 g/mol. The second-order valence-electron chi connectivity index (χ2n) is 6.03. The van der Waals surface area contributed by atoms with E-state index in [9.17, 15) is 9.59 Å². The minimum Gasteiger partial charge on any atom is -0.427 e. The van der Waals surface area contributed by atoms with Gasteiger partial charge in [0.1, 0.15) is 18.4 Å². The molecule has 1 amide bonds. The highest BCUT2D eigenvalue weighted by molar-refractivity contribution is 5.96. The number of aryl methyl sites for hydroxylation is 2. The first-order valence-corrected chi connectivity index (χ1v) is 7.81. The maximum absolute atomic E-state index is 12.5. The van der Waals surface area contributed by atoms with Gasteiger partial charge < -0.3 is 9.73 Å². The van der Waals surface area contributed by atoms with Crippen LogP contribution >= 0.6 is 0 Å². The van der Waals surface area contributed by atoms with Crippen LogP contribution in [0.25, 0.3) is 0 Å². The first kappa shape index (κ1) is 15.5. The predicted molar refractivity (Wildman–Crippen MR) is 83.2 cm³/mol. The van der Waals surface area contributed by atoms with Crippen molar-refractivity contribution in [1.82, 2.24) is 20.1 Å². The van der Waals surface area contributed by atoms with Crippen LogP contribution < -0.4 is 10.9 Å². The zero-order valence-electron chi connectivity index (χ0n) is 13.3. The van der Waals surface area contributed by atoms with Crippen LogP contribution in [0.4, 0.5) is 0 Å². The van der Waals surface area contributed by atoms with Crippen molar-refractivity contribution < 1.29 is 9.21 Å². The van der Waals surface area contributed by atoms with Crippen LogP contribution in [0.1, 0.15) is 53.4 Å². The van der Waals surface area contributed by atoms with Crippen molar-refractivity contribution in [2.75, 3.05) is 0 Å². The van der Waals surface area contributed by atoms with Gasteiger partial charge in [-0.1, -0.05) is 0 Å². The summed E-state index contributed by atoms with van der Waals surface area (Å²) in [7, 11) is 0. The van der Waals surface area contributed by atoms with E-state index in [-0.39, 0.29) is 11.9 Å². The van der Waals surface area contributed by atoms with Gasteiger partial charge in [0.2, 0.25) is 0 Å². The van der Waals surface area contributed by atoms with E-state index in [1.54, 1.807) is 26.5 Å². The van der Waals surface area contributed by atoms with Crippen molar-refractivity contribution in [3.63, 3.8) is 0 Å². The molecular formula is C16H20N4O3. The van der Waals surface area contributed by atoms with Gasteiger partial charge in [-0.15, -0.1) is 0 Å². The van der Waals surface area contributed by atoms with Gasteiger partial charge in [0.15, 0.2) is 0 Å². The summed E-state index contributed by atoms with van der Waals surface area (Å²) in [5.41, 5.74) is 0.681. The fraction of sp³-hybridized carbons (Fsp3) is 0.500. The molecule has 1 saturated carbocycles. The van der Waals surface area contributed by atoms with Gasteiger partial charge in [0.05, 0.1) is 11.6 Å². The van der Waals surface area contributed by atoms with Crippen molar-refractivity contribution in [2.45, 2.75) is 51.6 Å². The summed E-state index contributed by atoms with van der Waals surface area (Å²) in [6.07, 6.45) is 6.98. The van der Waals surface area contributed by atoms with E-state index in [2.05, 4.69) is 15.4 Å². The van der Waals surface area contributed by atoms with E-state index in [1.807, 2.05) is 4.68 Å². The van der Waals surface area contributed by atoms with E-state index in [1.165, 1.54) is 6.07 Å². The lowest BCUT2D eigenvalue weighted by atomic mass is 9.91. The van der Waals surface area contributed by atoms with Crippen LogP contribution in [-0.2, 0) is 0 Å². The molecular weight excluding hydrogens is 296 g/mol. The van der Waals surface area contributed by atoms with E-state index >= 15 is 0 Å². The number of carbonyl (C=O) groups is 1. The first-order valence-electron chi connectivity index (χ1n) is 7.81. The van der Waals surface area contributed by atoms with Gasteiger partial charge in [-0.3, -0.25) is 4.79 Å². The van der Waals surface area contributed by atoms with Crippen LogP contribution in [0.2, 0.25) is 0 Å². The predicted octanol–water partition coefficient (Wildman–Crippen LogP) is 1.76. The number of hydrogen-bond donors (Lipinski definition) is 1. The van der Waals surface area contributed by atoms with Crippen LogP contribution in [-0.4, -0.2) is 26.7 Å². The molecule has 0 radical (unpaired) electrons. The van der Waals surface area contributed by atoms with Gasteiger partial charge >= 0.3 is 5.63 Å². The normalized spacial score (nSPS) is 21.1. The minimum absolute atomic E-state index is 0.132. The van der Waals surface area contributed by atoms with Crippen molar-refractivity contribution in [3.8, 4) is 0 Å². The minimum atomic E-state index is -0.426. The second-order valence-corrected chi connectivity index (χ2v) is 6.03. The third kappa shape index (κ3) is 3.33.